The molecule has 6 atom stereocenters. The summed E-state index contributed by atoms with van der Waals surface area (Å²) in [5.74, 6) is 1.41. The van der Waals surface area contributed by atoms with Crippen molar-refractivity contribution >= 4 is 5.97 Å². The summed E-state index contributed by atoms with van der Waals surface area (Å²) in [7, 11) is 0. The van der Waals surface area contributed by atoms with E-state index in [0.29, 0.717) is 29.2 Å². The summed E-state index contributed by atoms with van der Waals surface area (Å²) >= 11 is 0. The van der Waals surface area contributed by atoms with Gasteiger partial charge in [-0.1, -0.05) is 75.8 Å². The van der Waals surface area contributed by atoms with E-state index in [1.54, 1.807) is 12.5 Å². The van der Waals surface area contributed by atoms with Gasteiger partial charge in [-0.3, -0.25) is 0 Å². The first kappa shape index (κ1) is 23.4. The first-order valence-electron chi connectivity index (χ1n) is 10.5. The Morgan fingerprint density at radius 2 is 1.82 bits per heavy atom. The van der Waals surface area contributed by atoms with Crippen LogP contribution in [0.2, 0.25) is 0 Å². The Kier molecular flexibility index (Phi) is 7.81. The van der Waals surface area contributed by atoms with Crippen LogP contribution in [0.4, 0.5) is 0 Å². The number of hydrogen-bond donors (Lipinski definition) is 0. The van der Waals surface area contributed by atoms with Gasteiger partial charge in [0.15, 0.2) is 0 Å². The Morgan fingerprint density at radius 3 is 2.36 bits per heavy atom. The Labute approximate surface area is 192 Å². The maximum atomic E-state index is 11.6. The van der Waals surface area contributed by atoms with Gasteiger partial charge in [0.25, 0.3) is 0 Å². The Balaban J connectivity index is 0.00000280. The number of rotatable bonds is 5. The molecule has 28 heavy (non-hydrogen) atoms. The third-order valence-corrected chi connectivity index (χ3v) is 7.35. The predicted octanol–water partition coefficient (Wildman–Crippen LogP) is 2.13. The molecule has 0 radical (unpaired) electrons. The molecule has 0 amide bonds. The van der Waals surface area contributed by atoms with E-state index in [2.05, 4.69) is 70.2 Å². The average molecular weight is 389 g/mol. The molecule has 1 aromatic rings. The van der Waals surface area contributed by atoms with Gasteiger partial charge in [0.2, 0.25) is 0 Å². The third kappa shape index (κ3) is 3.93. The monoisotopic (exact) mass is 388 g/mol. The topological polar surface area (TPSA) is 40.1 Å². The second-order valence-corrected chi connectivity index (χ2v) is 8.81. The fourth-order valence-electron chi connectivity index (χ4n) is 6.36. The van der Waals surface area contributed by atoms with Gasteiger partial charge >= 0.3 is 29.6 Å². The van der Waals surface area contributed by atoms with Gasteiger partial charge in [0.1, 0.15) is 0 Å². The molecule has 0 bridgehead atoms. The first-order chi connectivity index (χ1) is 12.9. The van der Waals surface area contributed by atoms with Crippen LogP contribution in [-0.4, -0.2) is 5.97 Å². The van der Waals surface area contributed by atoms with Gasteiger partial charge < -0.3 is 9.90 Å². The molecule has 1 aromatic carbocycles. The predicted molar refractivity (Wildman–Crippen MR) is 109 cm³/mol. The van der Waals surface area contributed by atoms with Gasteiger partial charge in [-0.05, 0) is 61.0 Å². The van der Waals surface area contributed by atoms with E-state index >= 15 is 0 Å². The van der Waals surface area contributed by atoms with Gasteiger partial charge in [0, 0.05) is 11.3 Å². The zero-order valence-electron chi connectivity index (χ0n) is 18.4. The largest absolute Gasteiger partial charge is 1.00 e. The minimum atomic E-state index is -1.05. The van der Waals surface area contributed by atoms with Crippen molar-refractivity contribution in [1.82, 2.24) is 0 Å². The molecule has 0 unspecified atom stereocenters. The smallest absolute Gasteiger partial charge is 0.545 e. The van der Waals surface area contributed by atoms with Crippen LogP contribution < -0.4 is 34.7 Å². The minimum Gasteiger partial charge on any atom is -0.545 e. The molecular weight excluding hydrogens is 355 g/mol. The van der Waals surface area contributed by atoms with Gasteiger partial charge in [-0.15, -0.1) is 0 Å². The van der Waals surface area contributed by atoms with Crippen LogP contribution in [0.3, 0.4) is 0 Å². The van der Waals surface area contributed by atoms with Gasteiger partial charge in [-0.25, -0.2) is 0 Å². The molecule has 2 aliphatic carbocycles. The van der Waals surface area contributed by atoms with E-state index in [4.69, 9.17) is 0 Å². The van der Waals surface area contributed by atoms with Crippen molar-refractivity contribution in [3.63, 3.8) is 0 Å². The first-order valence-corrected chi connectivity index (χ1v) is 10.5. The average Bonchev–Trinajstić information content (AvgIpc) is 2.97. The van der Waals surface area contributed by atoms with Gasteiger partial charge in [-0.2, -0.15) is 0 Å². The number of allylic oxidation sites excluding steroid dienone is 3. The summed E-state index contributed by atoms with van der Waals surface area (Å²) in [6.07, 6.45) is 7.77. The van der Waals surface area contributed by atoms with Crippen LogP contribution in [0.25, 0.3) is 0 Å². The summed E-state index contributed by atoms with van der Waals surface area (Å²) in [5.41, 5.74) is 3.04. The van der Waals surface area contributed by atoms with Crippen molar-refractivity contribution in [2.24, 2.45) is 29.1 Å². The fourth-order valence-corrected chi connectivity index (χ4v) is 6.36. The van der Waals surface area contributed by atoms with Crippen molar-refractivity contribution in [3.8, 4) is 0 Å². The maximum absolute atomic E-state index is 11.6. The number of aliphatic carboxylic acids is 1. The number of carboxylic acid groups (broad SMARTS) is 1. The SMILES string of the molecule is CCC1=C[C@@H](c2ccccc2)[C@@](/C=C(\C)C(=O)[O-])(CC)[C@H]2[C@H]1[C@H](C)C[C@H]2C.[Na+]. The molecule has 3 heteroatoms. The van der Waals surface area contributed by atoms with Crippen molar-refractivity contribution in [2.75, 3.05) is 0 Å². The molecule has 0 aromatic heterocycles. The molecule has 0 saturated heterocycles. The molecule has 146 valence electrons. The van der Waals surface area contributed by atoms with Gasteiger partial charge in [0.05, 0.1) is 5.97 Å². The summed E-state index contributed by atoms with van der Waals surface area (Å²) in [4.78, 5) is 11.6. The second-order valence-electron chi connectivity index (χ2n) is 8.81. The third-order valence-electron chi connectivity index (χ3n) is 7.35. The summed E-state index contributed by atoms with van der Waals surface area (Å²) in [5, 5.41) is 11.6. The van der Waals surface area contributed by atoms with Crippen molar-refractivity contribution in [3.05, 3.63) is 59.2 Å². The molecule has 2 aliphatic rings. The molecule has 1 fully saturated rings. The number of carbonyl (C=O) groups is 1. The summed E-state index contributed by atoms with van der Waals surface area (Å²) in [6.45, 7) is 10.9. The molecule has 0 heterocycles. The molecule has 0 aliphatic heterocycles. The Hall–Kier alpha value is -0.830. The van der Waals surface area contributed by atoms with Crippen molar-refractivity contribution in [2.45, 2.75) is 59.8 Å². The minimum absolute atomic E-state index is 0. The van der Waals surface area contributed by atoms with E-state index in [-0.39, 0.29) is 40.9 Å². The van der Waals surface area contributed by atoms with Crippen LogP contribution in [-0.2, 0) is 4.79 Å². The van der Waals surface area contributed by atoms with E-state index in [0.717, 1.165) is 12.8 Å². The standard InChI is InChI=1S/C25H34O2.Na/c1-6-19-14-21(20-11-9-8-10-12-20)25(7-2,15-18(5)24(26)27)23-17(4)13-16(3)22(19)23;/h8-12,14-17,21-23H,6-7,13H2,1-5H3,(H,26,27);/q;+1/p-1/b18-15+;/t16-,17-,21+,22+,23-,25+;/m1./s1. The number of carboxylic acids is 1. The van der Waals surface area contributed by atoms with Crippen molar-refractivity contribution < 1.29 is 39.5 Å². The number of hydrogen-bond acceptors (Lipinski definition) is 2. The van der Waals surface area contributed by atoms with E-state index in [9.17, 15) is 9.90 Å². The van der Waals surface area contributed by atoms with Crippen molar-refractivity contribution in [1.29, 1.82) is 0 Å². The molecule has 1 saturated carbocycles. The Morgan fingerprint density at radius 1 is 1.18 bits per heavy atom. The van der Waals surface area contributed by atoms with Crippen LogP contribution in [0, 0.1) is 29.1 Å². The molecule has 0 N–H and O–H groups in total. The summed E-state index contributed by atoms with van der Waals surface area (Å²) < 4.78 is 0. The normalized spacial score (nSPS) is 35.0. The molecule has 2 nitrogen and oxygen atoms in total. The zero-order valence-corrected chi connectivity index (χ0v) is 20.4. The van der Waals surface area contributed by atoms with Crippen LogP contribution in [0.15, 0.2) is 53.6 Å². The quantitative estimate of drug-likeness (QED) is 0.440. The molecule has 0 spiro atoms. The number of benzene rings is 1. The Bertz CT molecular complexity index is 751. The number of fused-ring (bicyclic) bond motifs is 1. The second kappa shape index (κ2) is 9.32. The maximum Gasteiger partial charge on any atom is 1.00 e. The number of carbonyl (C=O) groups excluding carboxylic acids is 1. The van der Waals surface area contributed by atoms with Crippen LogP contribution >= 0.6 is 0 Å². The van der Waals surface area contributed by atoms with Crippen LogP contribution in [0.5, 0.6) is 0 Å². The van der Waals surface area contributed by atoms with E-state index in [1.165, 1.54) is 12.0 Å². The molecule has 3 rings (SSSR count). The van der Waals surface area contributed by atoms with E-state index < -0.39 is 5.97 Å². The van der Waals surface area contributed by atoms with E-state index in [1.807, 2.05) is 0 Å². The van der Waals surface area contributed by atoms with Crippen LogP contribution in [0.1, 0.15) is 65.4 Å². The molecular formula is C25H33NaO2. The summed E-state index contributed by atoms with van der Waals surface area (Å²) in [6, 6.07) is 10.6. The zero-order chi connectivity index (χ0) is 19.8. The fraction of sp³-hybridized carbons (Fsp3) is 0.560.